The summed E-state index contributed by atoms with van der Waals surface area (Å²) in [5.41, 5.74) is -0.925. The first-order chi connectivity index (χ1) is 9.69. The molecule has 0 radical (unpaired) electrons. The van der Waals surface area contributed by atoms with Crippen molar-refractivity contribution in [2.75, 3.05) is 0 Å². The van der Waals surface area contributed by atoms with Crippen molar-refractivity contribution >= 4 is 33.4 Å². The molecule has 6 heteroatoms. The van der Waals surface area contributed by atoms with Crippen LogP contribution in [0.3, 0.4) is 0 Å². The Morgan fingerprint density at radius 3 is 2.57 bits per heavy atom. The van der Waals surface area contributed by atoms with Gasteiger partial charge in [-0.05, 0) is 53.9 Å². The number of nitrogens with one attached hydrogen (secondary N) is 1. The van der Waals surface area contributed by atoms with E-state index in [1.54, 1.807) is 32.0 Å². The monoisotopic (exact) mass is 372 g/mol. The third kappa shape index (κ3) is 4.62. The molecule has 0 fully saturated rings. The van der Waals surface area contributed by atoms with Crippen LogP contribution in [0.15, 0.2) is 22.7 Å². The first kappa shape index (κ1) is 17.8. The lowest BCUT2D eigenvalue weighted by Gasteiger charge is -2.28. The summed E-state index contributed by atoms with van der Waals surface area (Å²) in [4.78, 5) is 12.2. The fourth-order valence-electron chi connectivity index (χ4n) is 1.47. The second-order valence-electron chi connectivity index (χ2n) is 5.29. The minimum absolute atomic E-state index is 0.0130. The minimum atomic E-state index is -0.925. The van der Waals surface area contributed by atoms with E-state index >= 15 is 0 Å². The molecule has 0 saturated carbocycles. The van der Waals surface area contributed by atoms with Crippen molar-refractivity contribution in [3.05, 3.63) is 27.7 Å². The number of carbonyl (C=O) groups excluding carboxylic acids is 1. The maximum Gasteiger partial charge on any atom is 0.262 e. The molecule has 0 aliphatic heterocycles. The summed E-state index contributed by atoms with van der Waals surface area (Å²) in [5.74, 6) is 0.167. The van der Waals surface area contributed by atoms with Gasteiger partial charge in [0.15, 0.2) is 6.10 Å². The molecule has 0 aromatic heterocycles. The Bertz CT molecular complexity index is 571. The Morgan fingerprint density at radius 2 is 2.10 bits per heavy atom. The molecule has 0 spiro atoms. The van der Waals surface area contributed by atoms with E-state index in [2.05, 4.69) is 27.3 Å². The molecule has 1 amide bonds. The molecule has 1 N–H and O–H groups in total. The summed E-state index contributed by atoms with van der Waals surface area (Å²) in [6.07, 6.45) is -0.728. The van der Waals surface area contributed by atoms with Gasteiger partial charge in [-0.15, -0.1) is 0 Å². The highest BCUT2D eigenvalue weighted by atomic mass is 79.9. The molecule has 1 aromatic rings. The first-order valence-corrected chi connectivity index (χ1v) is 7.71. The number of ether oxygens (including phenoxy) is 1. The highest BCUT2D eigenvalue weighted by molar-refractivity contribution is 9.10. The number of nitriles is 1. The predicted molar refractivity (Wildman–Crippen MR) is 86.2 cm³/mol. The second kappa shape index (κ2) is 7.15. The van der Waals surface area contributed by atoms with Gasteiger partial charge >= 0.3 is 0 Å². The molecule has 0 saturated heterocycles. The summed E-state index contributed by atoms with van der Waals surface area (Å²) in [7, 11) is 0. The number of rotatable bonds is 5. The molecular formula is C15H18BrClN2O2. The molecular weight excluding hydrogens is 356 g/mol. The summed E-state index contributed by atoms with van der Waals surface area (Å²) >= 11 is 9.19. The Morgan fingerprint density at radius 1 is 1.48 bits per heavy atom. The van der Waals surface area contributed by atoms with Crippen molar-refractivity contribution in [1.29, 1.82) is 5.26 Å². The van der Waals surface area contributed by atoms with E-state index in [1.807, 2.05) is 13.8 Å². The van der Waals surface area contributed by atoms with Crippen LogP contribution in [0.1, 0.15) is 27.7 Å². The summed E-state index contributed by atoms with van der Waals surface area (Å²) in [6.45, 7) is 7.09. The zero-order valence-electron chi connectivity index (χ0n) is 12.4. The summed E-state index contributed by atoms with van der Waals surface area (Å²) < 4.78 is 6.27. The van der Waals surface area contributed by atoms with E-state index in [4.69, 9.17) is 16.3 Å². The van der Waals surface area contributed by atoms with Gasteiger partial charge in [-0.2, -0.15) is 5.26 Å². The van der Waals surface area contributed by atoms with Crippen molar-refractivity contribution in [3.8, 4) is 11.8 Å². The SMILES string of the molecule is CC(C)[C@](C)(C#N)NC(=O)[C@H](C)Oc1ccc(Cl)cc1Br. The fraction of sp³-hybridized carbons (Fsp3) is 0.467. The van der Waals surface area contributed by atoms with Crippen molar-refractivity contribution in [2.45, 2.75) is 39.3 Å². The number of hydrogen-bond donors (Lipinski definition) is 1. The minimum Gasteiger partial charge on any atom is -0.480 e. The van der Waals surface area contributed by atoms with Crippen LogP contribution in [0.25, 0.3) is 0 Å². The van der Waals surface area contributed by atoms with Gasteiger partial charge in [0.05, 0.1) is 10.5 Å². The van der Waals surface area contributed by atoms with E-state index in [-0.39, 0.29) is 11.8 Å². The van der Waals surface area contributed by atoms with Crippen molar-refractivity contribution in [3.63, 3.8) is 0 Å². The topological polar surface area (TPSA) is 62.1 Å². The quantitative estimate of drug-likeness (QED) is 0.850. The smallest absolute Gasteiger partial charge is 0.262 e. The normalized spacial score (nSPS) is 15.0. The summed E-state index contributed by atoms with van der Waals surface area (Å²) in [6, 6.07) is 7.18. The maximum atomic E-state index is 12.2. The van der Waals surface area contributed by atoms with Gasteiger partial charge in [0, 0.05) is 5.02 Å². The molecule has 0 bridgehead atoms. The van der Waals surface area contributed by atoms with Gasteiger partial charge < -0.3 is 10.1 Å². The van der Waals surface area contributed by atoms with Crippen LogP contribution >= 0.6 is 27.5 Å². The van der Waals surface area contributed by atoms with Gasteiger partial charge in [0.25, 0.3) is 5.91 Å². The van der Waals surface area contributed by atoms with Crippen molar-refractivity contribution in [2.24, 2.45) is 5.92 Å². The van der Waals surface area contributed by atoms with Crippen LogP contribution in [0, 0.1) is 17.2 Å². The van der Waals surface area contributed by atoms with Crippen LogP contribution in [0.2, 0.25) is 5.02 Å². The predicted octanol–water partition coefficient (Wildman–Crippen LogP) is 3.92. The van der Waals surface area contributed by atoms with Gasteiger partial charge in [-0.25, -0.2) is 0 Å². The van der Waals surface area contributed by atoms with Crippen LogP contribution < -0.4 is 10.1 Å². The van der Waals surface area contributed by atoms with Crippen LogP contribution in [-0.4, -0.2) is 17.6 Å². The largest absolute Gasteiger partial charge is 0.480 e. The third-order valence-corrected chi connectivity index (χ3v) is 4.19. The maximum absolute atomic E-state index is 12.2. The lowest BCUT2D eigenvalue weighted by Crippen LogP contribution is -2.52. The average molecular weight is 374 g/mol. The fourth-order valence-corrected chi connectivity index (χ4v) is 2.25. The van der Waals surface area contributed by atoms with Gasteiger partial charge in [0.1, 0.15) is 11.3 Å². The standard InChI is InChI=1S/C15H18BrClN2O2/c1-9(2)15(4,8-18)19-14(20)10(3)21-13-6-5-11(17)7-12(13)16/h5-7,9-10H,1-4H3,(H,19,20)/t10-,15-/m0/s1. The number of amides is 1. The Labute approximate surface area is 138 Å². The second-order valence-corrected chi connectivity index (χ2v) is 6.58. The van der Waals surface area contributed by atoms with Gasteiger partial charge in [0.2, 0.25) is 0 Å². The lowest BCUT2D eigenvalue weighted by molar-refractivity contribution is -0.129. The Hall–Kier alpha value is -1.25. The van der Waals surface area contributed by atoms with E-state index in [9.17, 15) is 10.1 Å². The van der Waals surface area contributed by atoms with Crippen molar-refractivity contribution in [1.82, 2.24) is 5.32 Å². The van der Waals surface area contributed by atoms with E-state index in [0.29, 0.717) is 15.2 Å². The third-order valence-electron chi connectivity index (χ3n) is 3.34. The first-order valence-electron chi connectivity index (χ1n) is 6.54. The average Bonchev–Trinajstić information content (AvgIpc) is 2.41. The van der Waals surface area contributed by atoms with Gasteiger partial charge in [-0.1, -0.05) is 25.4 Å². The molecule has 0 aliphatic carbocycles. The molecule has 1 aromatic carbocycles. The molecule has 114 valence electrons. The molecule has 1 rings (SSSR count). The summed E-state index contributed by atoms with van der Waals surface area (Å²) in [5, 5.41) is 12.5. The molecule has 0 heterocycles. The Kier molecular flexibility index (Phi) is 6.06. The zero-order valence-corrected chi connectivity index (χ0v) is 14.7. The molecule has 4 nitrogen and oxygen atoms in total. The number of benzene rings is 1. The van der Waals surface area contributed by atoms with E-state index < -0.39 is 11.6 Å². The molecule has 0 unspecified atom stereocenters. The molecule has 21 heavy (non-hydrogen) atoms. The highest BCUT2D eigenvalue weighted by Gasteiger charge is 2.32. The van der Waals surface area contributed by atoms with Crippen LogP contribution in [0.4, 0.5) is 0 Å². The number of carbonyl (C=O) groups is 1. The highest BCUT2D eigenvalue weighted by Crippen LogP contribution is 2.29. The molecule has 0 aliphatic rings. The van der Waals surface area contributed by atoms with Crippen molar-refractivity contribution < 1.29 is 9.53 Å². The van der Waals surface area contributed by atoms with Crippen LogP contribution in [0.5, 0.6) is 5.75 Å². The van der Waals surface area contributed by atoms with E-state index in [0.717, 1.165) is 0 Å². The number of hydrogen-bond acceptors (Lipinski definition) is 3. The number of halogens is 2. The zero-order chi connectivity index (χ0) is 16.2. The van der Waals surface area contributed by atoms with Gasteiger partial charge in [-0.3, -0.25) is 4.79 Å². The lowest BCUT2D eigenvalue weighted by atomic mass is 9.90. The molecule has 2 atom stereocenters. The Balaban J connectivity index is 2.78. The van der Waals surface area contributed by atoms with Crippen LogP contribution in [-0.2, 0) is 4.79 Å². The number of nitrogens with zero attached hydrogens (tertiary/aromatic N) is 1. The van der Waals surface area contributed by atoms with E-state index in [1.165, 1.54) is 0 Å².